The highest BCUT2D eigenvalue weighted by atomic mass is 16.4. The molecule has 0 heterocycles. The average molecular weight is 202 g/mol. The highest BCUT2D eigenvalue weighted by molar-refractivity contribution is 5.70. The summed E-state index contributed by atoms with van der Waals surface area (Å²) in [5.74, 6) is 5.06. The molecule has 2 heteroatoms. The molecule has 0 unspecified atom stereocenters. The van der Waals surface area contributed by atoms with E-state index in [1.807, 2.05) is 24.3 Å². The maximum atomic E-state index is 10.3. The van der Waals surface area contributed by atoms with Gasteiger partial charge in [-0.15, -0.1) is 0 Å². The quantitative estimate of drug-likeness (QED) is 0.748. The summed E-state index contributed by atoms with van der Waals surface area (Å²) >= 11 is 0. The van der Waals surface area contributed by atoms with Gasteiger partial charge in [0.1, 0.15) is 6.42 Å². The van der Waals surface area contributed by atoms with Crippen LogP contribution in [-0.4, -0.2) is 11.1 Å². The third kappa shape index (κ3) is 3.47. The number of carboxylic acids is 1. The van der Waals surface area contributed by atoms with Crippen molar-refractivity contribution in [2.45, 2.75) is 26.2 Å². The molecule has 0 amide bonds. The van der Waals surface area contributed by atoms with Crippen molar-refractivity contribution in [2.75, 3.05) is 0 Å². The van der Waals surface area contributed by atoms with Crippen molar-refractivity contribution in [3.05, 3.63) is 35.4 Å². The van der Waals surface area contributed by atoms with E-state index in [1.165, 1.54) is 0 Å². The molecule has 15 heavy (non-hydrogen) atoms. The fraction of sp³-hybridized carbons (Fsp3) is 0.308. The lowest BCUT2D eigenvalue weighted by Crippen LogP contribution is -1.93. The van der Waals surface area contributed by atoms with Gasteiger partial charge in [-0.25, -0.2) is 0 Å². The van der Waals surface area contributed by atoms with E-state index in [1.54, 1.807) is 0 Å². The smallest absolute Gasteiger partial charge is 0.315 e. The van der Waals surface area contributed by atoms with E-state index < -0.39 is 5.97 Å². The topological polar surface area (TPSA) is 37.3 Å². The number of benzene rings is 1. The van der Waals surface area contributed by atoms with Gasteiger partial charge in [-0.1, -0.05) is 43.9 Å². The summed E-state index contributed by atoms with van der Waals surface area (Å²) in [6.07, 6.45) is -0.105. The molecule has 0 aliphatic rings. The maximum Gasteiger partial charge on any atom is 0.315 e. The third-order valence-electron chi connectivity index (χ3n) is 2.05. The second kappa shape index (κ2) is 5.21. The Kier molecular flexibility index (Phi) is 3.93. The van der Waals surface area contributed by atoms with E-state index in [0.717, 1.165) is 11.1 Å². The summed E-state index contributed by atoms with van der Waals surface area (Å²) in [5, 5.41) is 8.47. The third-order valence-corrected chi connectivity index (χ3v) is 2.05. The molecule has 78 valence electrons. The SMILES string of the molecule is CC(C)c1ccccc1C#CCC(=O)O. The van der Waals surface area contributed by atoms with Crippen molar-refractivity contribution >= 4 is 5.97 Å². The highest BCUT2D eigenvalue weighted by Crippen LogP contribution is 2.17. The minimum Gasteiger partial charge on any atom is -0.481 e. The first-order valence-electron chi connectivity index (χ1n) is 4.91. The predicted octanol–water partition coefficient (Wildman–Crippen LogP) is 2.64. The molecule has 0 spiro atoms. The van der Waals surface area contributed by atoms with Gasteiger partial charge in [0.25, 0.3) is 0 Å². The van der Waals surface area contributed by atoms with E-state index in [2.05, 4.69) is 25.7 Å². The maximum absolute atomic E-state index is 10.3. The molecule has 0 aliphatic carbocycles. The Morgan fingerprint density at radius 3 is 2.67 bits per heavy atom. The monoisotopic (exact) mass is 202 g/mol. The Morgan fingerprint density at radius 1 is 1.40 bits per heavy atom. The van der Waals surface area contributed by atoms with Crippen molar-refractivity contribution in [3.8, 4) is 11.8 Å². The molecule has 1 aromatic carbocycles. The molecule has 0 radical (unpaired) electrons. The zero-order valence-corrected chi connectivity index (χ0v) is 8.95. The minimum atomic E-state index is -0.885. The summed E-state index contributed by atoms with van der Waals surface area (Å²) in [6.45, 7) is 4.19. The van der Waals surface area contributed by atoms with Gasteiger partial charge in [-0.05, 0) is 17.5 Å². The Bertz CT molecular complexity index is 408. The normalized spacial score (nSPS) is 9.53. The molecule has 1 N–H and O–H groups in total. The summed E-state index contributed by atoms with van der Waals surface area (Å²) in [4.78, 5) is 10.3. The average Bonchev–Trinajstić information content (AvgIpc) is 2.17. The predicted molar refractivity (Wildman–Crippen MR) is 59.7 cm³/mol. The van der Waals surface area contributed by atoms with Crippen LogP contribution in [0.5, 0.6) is 0 Å². The molecule has 0 bridgehead atoms. The lowest BCUT2D eigenvalue weighted by atomic mass is 9.97. The van der Waals surface area contributed by atoms with Crippen LogP contribution in [0.25, 0.3) is 0 Å². The van der Waals surface area contributed by atoms with Crippen LogP contribution in [0.2, 0.25) is 0 Å². The van der Waals surface area contributed by atoms with Crippen LogP contribution < -0.4 is 0 Å². The van der Waals surface area contributed by atoms with E-state index in [-0.39, 0.29) is 6.42 Å². The van der Waals surface area contributed by atoms with Crippen molar-refractivity contribution in [2.24, 2.45) is 0 Å². The fourth-order valence-corrected chi connectivity index (χ4v) is 1.33. The summed E-state index contributed by atoms with van der Waals surface area (Å²) in [6, 6.07) is 7.83. The van der Waals surface area contributed by atoms with Crippen molar-refractivity contribution in [1.29, 1.82) is 0 Å². The molecule has 0 saturated heterocycles. The molecule has 0 aromatic heterocycles. The summed E-state index contributed by atoms with van der Waals surface area (Å²) < 4.78 is 0. The molecule has 2 nitrogen and oxygen atoms in total. The van der Waals surface area contributed by atoms with Crippen molar-refractivity contribution < 1.29 is 9.90 Å². The molecule has 0 atom stereocenters. The number of carboxylic acid groups (broad SMARTS) is 1. The van der Waals surface area contributed by atoms with Gasteiger partial charge in [0.05, 0.1) is 0 Å². The van der Waals surface area contributed by atoms with Gasteiger partial charge >= 0.3 is 5.97 Å². The van der Waals surface area contributed by atoms with E-state index >= 15 is 0 Å². The largest absolute Gasteiger partial charge is 0.481 e. The van der Waals surface area contributed by atoms with Crippen LogP contribution in [0.1, 0.15) is 37.3 Å². The second-order valence-corrected chi connectivity index (χ2v) is 3.61. The molecular formula is C13H14O2. The first-order valence-corrected chi connectivity index (χ1v) is 4.91. The fourth-order valence-electron chi connectivity index (χ4n) is 1.33. The Balaban J connectivity index is 2.92. The standard InChI is InChI=1S/C13H14O2/c1-10(2)12-8-4-3-6-11(12)7-5-9-13(14)15/h3-4,6,8,10H,9H2,1-2H3,(H,14,15). The number of carbonyl (C=O) groups is 1. The molecule has 1 rings (SSSR count). The van der Waals surface area contributed by atoms with Gasteiger partial charge in [0, 0.05) is 5.56 Å². The molecule has 0 aliphatic heterocycles. The van der Waals surface area contributed by atoms with E-state index in [0.29, 0.717) is 5.92 Å². The number of hydrogen-bond acceptors (Lipinski definition) is 1. The van der Waals surface area contributed by atoms with Gasteiger partial charge in [-0.2, -0.15) is 0 Å². The van der Waals surface area contributed by atoms with Gasteiger partial charge in [0.15, 0.2) is 0 Å². The zero-order valence-electron chi connectivity index (χ0n) is 8.95. The summed E-state index contributed by atoms with van der Waals surface area (Å²) in [5.41, 5.74) is 2.09. The number of hydrogen-bond donors (Lipinski definition) is 1. The first kappa shape index (κ1) is 11.3. The van der Waals surface area contributed by atoms with Gasteiger partial charge < -0.3 is 5.11 Å². The van der Waals surface area contributed by atoms with Gasteiger partial charge in [0.2, 0.25) is 0 Å². The Hall–Kier alpha value is -1.75. The van der Waals surface area contributed by atoms with Crippen LogP contribution >= 0.6 is 0 Å². The number of aliphatic carboxylic acids is 1. The molecular weight excluding hydrogens is 188 g/mol. The Morgan fingerprint density at radius 2 is 2.07 bits per heavy atom. The highest BCUT2D eigenvalue weighted by Gasteiger charge is 2.02. The first-order chi connectivity index (χ1) is 7.11. The second-order valence-electron chi connectivity index (χ2n) is 3.61. The zero-order chi connectivity index (χ0) is 11.3. The van der Waals surface area contributed by atoms with Crippen LogP contribution in [0, 0.1) is 11.8 Å². The lowest BCUT2D eigenvalue weighted by molar-refractivity contribution is -0.135. The van der Waals surface area contributed by atoms with Crippen molar-refractivity contribution in [1.82, 2.24) is 0 Å². The minimum absolute atomic E-state index is 0.105. The molecule has 0 fully saturated rings. The number of rotatable bonds is 2. The van der Waals surface area contributed by atoms with E-state index in [9.17, 15) is 4.79 Å². The Labute approximate surface area is 89.9 Å². The van der Waals surface area contributed by atoms with Crippen molar-refractivity contribution in [3.63, 3.8) is 0 Å². The summed E-state index contributed by atoms with van der Waals surface area (Å²) in [7, 11) is 0. The van der Waals surface area contributed by atoms with Crippen LogP contribution in [0.3, 0.4) is 0 Å². The van der Waals surface area contributed by atoms with Crippen LogP contribution in [0.15, 0.2) is 24.3 Å². The van der Waals surface area contributed by atoms with Crippen LogP contribution in [-0.2, 0) is 4.79 Å². The molecule has 0 saturated carbocycles. The van der Waals surface area contributed by atoms with E-state index in [4.69, 9.17) is 5.11 Å². The van der Waals surface area contributed by atoms with Crippen LogP contribution in [0.4, 0.5) is 0 Å². The molecule has 1 aromatic rings. The van der Waals surface area contributed by atoms with Gasteiger partial charge in [-0.3, -0.25) is 4.79 Å². The lowest BCUT2D eigenvalue weighted by Gasteiger charge is -2.07.